The predicted octanol–water partition coefficient (Wildman–Crippen LogP) is 3.10. The van der Waals surface area contributed by atoms with Crippen molar-refractivity contribution in [2.24, 2.45) is 0 Å². The first-order chi connectivity index (χ1) is 11.6. The summed E-state index contributed by atoms with van der Waals surface area (Å²) in [6, 6.07) is 6.06. The molecule has 0 aliphatic rings. The number of benzene rings is 1. The third-order valence-electron chi connectivity index (χ3n) is 4.03. The van der Waals surface area contributed by atoms with Gasteiger partial charge in [-0.05, 0) is 58.0 Å². The number of urea groups is 1. The Bertz CT molecular complexity index is 488. The van der Waals surface area contributed by atoms with E-state index in [0.717, 1.165) is 43.8 Å². The largest absolute Gasteiger partial charge is 0.493 e. The lowest BCUT2D eigenvalue weighted by Gasteiger charge is -2.17. The Balaban J connectivity index is 2.05. The molecular weight excluding hydrogens is 302 g/mol. The first-order valence-corrected chi connectivity index (χ1v) is 9.00. The number of carbonyl (C=O) groups excluding carboxylic acids is 1. The lowest BCUT2D eigenvalue weighted by molar-refractivity contribution is 0.237. The maximum Gasteiger partial charge on any atom is 0.314 e. The number of ether oxygens (including phenoxy) is 1. The Labute approximate surface area is 146 Å². The second-order valence-corrected chi connectivity index (χ2v) is 6.03. The third kappa shape index (κ3) is 8.20. The summed E-state index contributed by atoms with van der Waals surface area (Å²) in [5.74, 6) is 0.918. The normalized spacial score (nSPS) is 10.7. The van der Waals surface area contributed by atoms with E-state index in [1.54, 1.807) is 0 Å². The van der Waals surface area contributed by atoms with E-state index in [2.05, 4.69) is 42.4 Å². The van der Waals surface area contributed by atoms with E-state index in [0.29, 0.717) is 19.7 Å². The molecule has 0 fully saturated rings. The van der Waals surface area contributed by atoms with Gasteiger partial charge in [-0.3, -0.25) is 0 Å². The van der Waals surface area contributed by atoms with Crippen molar-refractivity contribution >= 4 is 6.03 Å². The fraction of sp³-hybridized carbons (Fsp3) is 0.632. The van der Waals surface area contributed by atoms with Crippen molar-refractivity contribution in [3.63, 3.8) is 0 Å². The number of hydrogen-bond donors (Lipinski definition) is 2. The van der Waals surface area contributed by atoms with E-state index >= 15 is 0 Å². The van der Waals surface area contributed by atoms with E-state index in [-0.39, 0.29) is 6.03 Å². The van der Waals surface area contributed by atoms with Crippen LogP contribution in [-0.4, -0.2) is 50.3 Å². The predicted molar refractivity (Wildman–Crippen MR) is 99.8 cm³/mol. The minimum absolute atomic E-state index is 0.0962. The summed E-state index contributed by atoms with van der Waals surface area (Å²) < 4.78 is 5.75. The van der Waals surface area contributed by atoms with Crippen LogP contribution in [0.5, 0.6) is 5.75 Å². The van der Waals surface area contributed by atoms with E-state index in [1.165, 1.54) is 5.56 Å². The molecule has 0 spiro atoms. The number of hydrogen-bond acceptors (Lipinski definition) is 3. The molecule has 136 valence electrons. The summed E-state index contributed by atoms with van der Waals surface area (Å²) in [7, 11) is 0. The smallest absolute Gasteiger partial charge is 0.314 e. The number of rotatable bonds is 11. The molecule has 5 heteroatoms. The van der Waals surface area contributed by atoms with Crippen LogP contribution in [0.1, 0.15) is 37.8 Å². The molecule has 5 nitrogen and oxygen atoms in total. The van der Waals surface area contributed by atoms with E-state index in [4.69, 9.17) is 4.74 Å². The number of nitrogens with one attached hydrogen (secondary N) is 2. The summed E-state index contributed by atoms with van der Waals surface area (Å²) in [6.45, 7) is 13.5. The zero-order valence-corrected chi connectivity index (χ0v) is 15.7. The molecule has 0 radical (unpaired) electrons. The highest BCUT2D eigenvalue weighted by atomic mass is 16.5. The molecule has 24 heavy (non-hydrogen) atoms. The first kappa shape index (κ1) is 20.3. The van der Waals surface area contributed by atoms with Gasteiger partial charge in [0.05, 0.1) is 6.61 Å². The zero-order valence-electron chi connectivity index (χ0n) is 15.7. The topological polar surface area (TPSA) is 53.6 Å². The van der Waals surface area contributed by atoms with Gasteiger partial charge in [0.15, 0.2) is 0 Å². The summed E-state index contributed by atoms with van der Waals surface area (Å²) in [5, 5.41) is 5.76. The molecule has 0 bridgehead atoms. The summed E-state index contributed by atoms with van der Waals surface area (Å²) in [6.07, 6.45) is 1.77. The fourth-order valence-electron chi connectivity index (χ4n) is 2.52. The maximum atomic E-state index is 11.7. The summed E-state index contributed by atoms with van der Waals surface area (Å²) >= 11 is 0. The van der Waals surface area contributed by atoms with Gasteiger partial charge in [-0.25, -0.2) is 4.79 Å². The molecular formula is C19H33N3O2. The minimum atomic E-state index is -0.0962. The average molecular weight is 335 g/mol. The van der Waals surface area contributed by atoms with Crippen LogP contribution in [-0.2, 0) is 0 Å². The Hall–Kier alpha value is -1.75. The standard InChI is InChI=1S/C19H33N3O2/c1-5-22(6-2)13-7-11-20-19(23)21-12-8-14-24-18-10-9-16(3)15-17(18)4/h9-10,15H,5-8,11-14H2,1-4H3,(H2,20,21,23). The summed E-state index contributed by atoms with van der Waals surface area (Å²) in [5.41, 5.74) is 2.38. The minimum Gasteiger partial charge on any atom is -0.493 e. The Morgan fingerprint density at radius 1 is 1.08 bits per heavy atom. The maximum absolute atomic E-state index is 11.7. The van der Waals surface area contributed by atoms with Gasteiger partial charge in [0.2, 0.25) is 0 Å². The van der Waals surface area contributed by atoms with Crippen LogP contribution in [0.25, 0.3) is 0 Å². The number of amides is 2. The highest BCUT2D eigenvalue weighted by Crippen LogP contribution is 2.18. The van der Waals surface area contributed by atoms with E-state index in [9.17, 15) is 4.79 Å². The highest BCUT2D eigenvalue weighted by molar-refractivity contribution is 5.73. The van der Waals surface area contributed by atoms with Crippen LogP contribution in [0.15, 0.2) is 18.2 Å². The van der Waals surface area contributed by atoms with Gasteiger partial charge in [0, 0.05) is 13.1 Å². The average Bonchev–Trinajstić information content (AvgIpc) is 2.56. The third-order valence-corrected chi connectivity index (χ3v) is 4.03. The number of carbonyl (C=O) groups is 1. The number of aryl methyl sites for hydroxylation is 2. The molecule has 0 aliphatic heterocycles. The molecule has 0 aromatic heterocycles. The quantitative estimate of drug-likeness (QED) is 0.611. The van der Waals surface area contributed by atoms with Crippen LogP contribution in [0, 0.1) is 13.8 Å². The summed E-state index contributed by atoms with van der Waals surface area (Å²) in [4.78, 5) is 14.0. The SMILES string of the molecule is CCN(CC)CCCNC(=O)NCCCOc1ccc(C)cc1C. The van der Waals surface area contributed by atoms with Gasteiger partial charge in [-0.2, -0.15) is 0 Å². The lowest BCUT2D eigenvalue weighted by atomic mass is 10.1. The second kappa shape index (κ2) is 11.7. The molecule has 0 unspecified atom stereocenters. The van der Waals surface area contributed by atoms with Gasteiger partial charge >= 0.3 is 6.03 Å². The first-order valence-electron chi connectivity index (χ1n) is 9.00. The van der Waals surface area contributed by atoms with E-state index < -0.39 is 0 Å². The molecule has 0 saturated carbocycles. The molecule has 0 aliphatic carbocycles. The molecule has 2 amide bonds. The van der Waals surface area contributed by atoms with Crippen molar-refractivity contribution in [2.75, 3.05) is 39.3 Å². The van der Waals surface area contributed by atoms with Crippen molar-refractivity contribution in [3.05, 3.63) is 29.3 Å². The van der Waals surface area contributed by atoms with Gasteiger partial charge in [0.1, 0.15) is 5.75 Å². The van der Waals surface area contributed by atoms with Crippen molar-refractivity contribution in [2.45, 2.75) is 40.5 Å². The van der Waals surface area contributed by atoms with Crippen molar-refractivity contribution in [1.82, 2.24) is 15.5 Å². The van der Waals surface area contributed by atoms with E-state index in [1.807, 2.05) is 19.1 Å². The van der Waals surface area contributed by atoms with Gasteiger partial charge in [0.25, 0.3) is 0 Å². The van der Waals surface area contributed by atoms with Crippen LogP contribution in [0.4, 0.5) is 4.79 Å². The van der Waals surface area contributed by atoms with Crippen LogP contribution >= 0.6 is 0 Å². The monoisotopic (exact) mass is 335 g/mol. The number of nitrogens with zero attached hydrogens (tertiary/aromatic N) is 1. The van der Waals surface area contributed by atoms with Crippen LogP contribution < -0.4 is 15.4 Å². The van der Waals surface area contributed by atoms with Gasteiger partial charge in [-0.15, -0.1) is 0 Å². The highest BCUT2D eigenvalue weighted by Gasteiger charge is 2.02. The Morgan fingerprint density at radius 3 is 2.38 bits per heavy atom. The molecule has 0 atom stereocenters. The molecule has 2 N–H and O–H groups in total. The van der Waals surface area contributed by atoms with Crippen molar-refractivity contribution in [1.29, 1.82) is 0 Å². The Kier molecular flexibility index (Phi) is 9.92. The fourth-order valence-corrected chi connectivity index (χ4v) is 2.52. The van der Waals surface area contributed by atoms with Gasteiger partial charge in [-0.1, -0.05) is 31.5 Å². The van der Waals surface area contributed by atoms with Crippen LogP contribution in [0.3, 0.4) is 0 Å². The second-order valence-electron chi connectivity index (χ2n) is 6.03. The van der Waals surface area contributed by atoms with Crippen LogP contribution in [0.2, 0.25) is 0 Å². The molecule has 1 aromatic carbocycles. The zero-order chi connectivity index (χ0) is 17.8. The van der Waals surface area contributed by atoms with Gasteiger partial charge < -0.3 is 20.3 Å². The van der Waals surface area contributed by atoms with Crippen molar-refractivity contribution in [3.8, 4) is 5.75 Å². The molecule has 1 rings (SSSR count). The lowest BCUT2D eigenvalue weighted by Crippen LogP contribution is -2.38. The molecule has 1 aromatic rings. The molecule has 0 heterocycles. The molecule has 0 saturated heterocycles. The Morgan fingerprint density at radius 2 is 1.75 bits per heavy atom. The van der Waals surface area contributed by atoms with Crippen molar-refractivity contribution < 1.29 is 9.53 Å².